The summed E-state index contributed by atoms with van der Waals surface area (Å²) in [5.74, 6) is -1.19. The van der Waals surface area contributed by atoms with Gasteiger partial charge in [0, 0.05) is 24.4 Å². The van der Waals surface area contributed by atoms with Gasteiger partial charge in [0.1, 0.15) is 21.5 Å². The molecule has 0 unspecified atom stereocenters. The zero-order valence-corrected chi connectivity index (χ0v) is 13.2. The van der Waals surface area contributed by atoms with E-state index in [1.165, 1.54) is 4.90 Å². The molecule has 0 spiro atoms. The fourth-order valence-corrected chi connectivity index (χ4v) is 3.56. The highest BCUT2D eigenvalue weighted by Crippen LogP contribution is 2.24. The van der Waals surface area contributed by atoms with E-state index in [1.807, 2.05) is 0 Å². The van der Waals surface area contributed by atoms with Crippen LogP contribution in [0.2, 0.25) is 0 Å². The second-order valence-corrected chi connectivity index (χ2v) is 7.79. The van der Waals surface area contributed by atoms with Gasteiger partial charge in [0.2, 0.25) is 0 Å². The number of nitrogens with one attached hydrogen (secondary N) is 1. The van der Waals surface area contributed by atoms with Crippen molar-refractivity contribution in [3.63, 3.8) is 0 Å². The van der Waals surface area contributed by atoms with Crippen LogP contribution in [0.4, 0.5) is 13.6 Å². The zero-order valence-electron chi connectivity index (χ0n) is 12.4. The number of urea groups is 1. The first kappa shape index (κ1) is 16.7. The molecule has 1 aromatic carbocycles. The number of hydrogen-bond acceptors (Lipinski definition) is 3. The standard InChI is InChI=1S/C14H18F2N2O3S/c1-9(8-22(2,20)21)17-14(19)18-6-5-10-11(7-18)13(16)4-3-12(10)15/h3-4,9H,5-8H2,1-2H3,(H,17,19)/t9-/m1/s1. The summed E-state index contributed by atoms with van der Waals surface area (Å²) in [6.45, 7) is 1.80. The Labute approximate surface area is 128 Å². The Morgan fingerprint density at radius 2 is 1.91 bits per heavy atom. The van der Waals surface area contributed by atoms with Crippen LogP contribution in [-0.4, -0.2) is 43.9 Å². The Bertz CT molecular complexity index is 692. The molecule has 1 N–H and O–H groups in total. The third-order valence-electron chi connectivity index (χ3n) is 3.51. The van der Waals surface area contributed by atoms with E-state index in [4.69, 9.17) is 0 Å². The molecule has 2 rings (SSSR count). The molecule has 1 heterocycles. The highest BCUT2D eigenvalue weighted by atomic mass is 32.2. The maximum atomic E-state index is 13.8. The van der Waals surface area contributed by atoms with Crippen molar-refractivity contribution in [1.29, 1.82) is 0 Å². The molecule has 5 nitrogen and oxygen atoms in total. The zero-order chi connectivity index (χ0) is 16.5. The molecule has 0 aromatic heterocycles. The first-order chi connectivity index (χ1) is 10.2. The van der Waals surface area contributed by atoms with Gasteiger partial charge < -0.3 is 10.2 Å². The van der Waals surface area contributed by atoms with Crippen molar-refractivity contribution in [2.24, 2.45) is 0 Å². The van der Waals surface area contributed by atoms with Gasteiger partial charge in [-0.25, -0.2) is 22.0 Å². The van der Waals surface area contributed by atoms with Crippen LogP contribution < -0.4 is 5.32 Å². The van der Waals surface area contributed by atoms with Crippen LogP contribution in [0.5, 0.6) is 0 Å². The summed E-state index contributed by atoms with van der Waals surface area (Å²) in [7, 11) is -3.20. The van der Waals surface area contributed by atoms with Gasteiger partial charge in [0.15, 0.2) is 0 Å². The van der Waals surface area contributed by atoms with E-state index in [-0.39, 0.29) is 30.8 Å². The number of carbonyl (C=O) groups is 1. The molecule has 8 heteroatoms. The average molecular weight is 332 g/mol. The molecule has 0 saturated heterocycles. The van der Waals surface area contributed by atoms with Crippen LogP contribution in [0, 0.1) is 11.6 Å². The summed E-state index contributed by atoms with van der Waals surface area (Å²) >= 11 is 0. The van der Waals surface area contributed by atoms with Crippen molar-refractivity contribution < 1.29 is 22.0 Å². The molecular weight excluding hydrogens is 314 g/mol. The Hall–Kier alpha value is -1.70. The Morgan fingerprint density at radius 1 is 1.32 bits per heavy atom. The highest BCUT2D eigenvalue weighted by Gasteiger charge is 2.26. The quantitative estimate of drug-likeness (QED) is 0.911. The van der Waals surface area contributed by atoms with Crippen LogP contribution in [0.1, 0.15) is 18.1 Å². The van der Waals surface area contributed by atoms with Crippen molar-refractivity contribution >= 4 is 15.9 Å². The van der Waals surface area contributed by atoms with E-state index in [9.17, 15) is 22.0 Å². The molecule has 1 atom stereocenters. The maximum absolute atomic E-state index is 13.8. The second-order valence-electron chi connectivity index (χ2n) is 5.60. The minimum absolute atomic E-state index is 0.0314. The average Bonchev–Trinajstić information content (AvgIpc) is 2.40. The molecule has 22 heavy (non-hydrogen) atoms. The summed E-state index contributed by atoms with van der Waals surface area (Å²) in [4.78, 5) is 13.5. The number of benzene rings is 1. The lowest BCUT2D eigenvalue weighted by Crippen LogP contribution is -2.47. The monoisotopic (exact) mass is 332 g/mol. The van der Waals surface area contributed by atoms with E-state index in [1.54, 1.807) is 6.92 Å². The van der Waals surface area contributed by atoms with Gasteiger partial charge in [-0.1, -0.05) is 0 Å². The number of carbonyl (C=O) groups excluding carboxylic acids is 1. The number of nitrogens with zero attached hydrogens (tertiary/aromatic N) is 1. The van der Waals surface area contributed by atoms with Crippen molar-refractivity contribution in [3.05, 3.63) is 34.9 Å². The molecule has 2 amide bonds. The van der Waals surface area contributed by atoms with Gasteiger partial charge >= 0.3 is 6.03 Å². The van der Waals surface area contributed by atoms with Crippen LogP contribution >= 0.6 is 0 Å². The van der Waals surface area contributed by atoms with E-state index in [2.05, 4.69) is 5.32 Å². The molecular formula is C14H18F2N2O3S. The smallest absolute Gasteiger partial charge is 0.317 e. The summed E-state index contributed by atoms with van der Waals surface area (Å²) < 4.78 is 49.8. The van der Waals surface area contributed by atoms with Crippen LogP contribution in [-0.2, 0) is 22.8 Å². The maximum Gasteiger partial charge on any atom is 0.317 e. The predicted octanol–water partition coefficient (Wildman–Crippen LogP) is 1.47. The minimum atomic E-state index is -3.20. The predicted molar refractivity (Wildman–Crippen MR) is 78.2 cm³/mol. The summed E-state index contributed by atoms with van der Waals surface area (Å²) in [5.41, 5.74) is 0.477. The molecule has 0 fully saturated rings. The number of fused-ring (bicyclic) bond motifs is 1. The molecule has 0 aliphatic carbocycles. The number of halogens is 2. The van der Waals surface area contributed by atoms with Crippen molar-refractivity contribution in [1.82, 2.24) is 10.2 Å². The number of amides is 2. The summed E-state index contributed by atoms with van der Waals surface area (Å²) in [5, 5.41) is 2.56. The molecule has 1 aromatic rings. The van der Waals surface area contributed by atoms with E-state index in [0.29, 0.717) is 5.56 Å². The van der Waals surface area contributed by atoms with Gasteiger partial charge in [0.25, 0.3) is 0 Å². The lowest BCUT2D eigenvalue weighted by Gasteiger charge is -2.30. The number of sulfone groups is 1. The second kappa shape index (κ2) is 6.20. The topological polar surface area (TPSA) is 66.5 Å². The SMILES string of the molecule is C[C@H](CS(C)(=O)=O)NC(=O)N1CCc2c(F)ccc(F)c2C1. The third kappa shape index (κ3) is 3.94. The van der Waals surface area contributed by atoms with Gasteiger partial charge in [-0.3, -0.25) is 0 Å². The van der Waals surface area contributed by atoms with E-state index >= 15 is 0 Å². The van der Waals surface area contributed by atoms with Crippen LogP contribution in [0.25, 0.3) is 0 Å². The lowest BCUT2D eigenvalue weighted by molar-refractivity contribution is 0.188. The first-order valence-corrected chi connectivity index (χ1v) is 8.92. The Kier molecular flexibility index (Phi) is 4.69. The van der Waals surface area contributed by atoms with Gasteiger partial charge in [-0.2, -0.15) is 0 Å². The largest absolute Gasteiger partial charge is 0.335 e. The third-order valence-corrected chi connectivity index (χ3v) is 4.61. The molecule has 0 saturated carbocycles. The number of hydrogen-bond donors (Lipinski definition) is 1. The van der Waals surface area contributed by atoms with Gasteiger partial charge in [-0.05, 0) is 31.0 Å². The summed E-state index contributed by atoms with van der Waals surface area (Å²) in [6, 6.07) is 1.09. The molecule has 1 aliphatic heterocycles. The minimum Gasteiger partial charge on any atom is -0.335 e. The van der Waals surface area contributed by atoms with Crippen molar-refractivity contribution in [2.45, 2.75) is 25.9 Å². The normalized spacial score (nSPS) is 16.1. The van der Waals surface area contributed by atoms with Crippen molar-refractivity contribution in [2.75, 3.05) is 18.6 Å². The Balaban J connectivity index is 2.06. The molecule has 0 radical (unpaired) electrons. The molecule has 122 valence electrons. The van der Waals surface area contributed by atoms with Gasteiger partial charge in [-0.15, -0.1) is 0 Å². The van der Waals surface area contributed by atoms with Crippen molar-refractivity contribution in [3.8, 4) is 0 Å². The van der Waals surface area contributed by atoms with Crippen LogP contribution in [0.3, 0.4) is 0 Å². The first-order valence-electron chi connectivity index (χ1n) is 6.86. The summed E-state index contributed by atoms with van der Waals surface area (Å²) in [6.07, 6.45) is 1.32. The Morgan fingerprint density at radius 3 is 2.50 bits per heavy atom. The highest BCUT2D eigenvalue weighted by molar-refractivity contribution is 7.90. The number of rotatable bonds is 3. The van der Waals surface area contributed by atoms with E-state index < -0.39 is 33.5 Å². The van der Waals surface area contributed by atoms with Crippen LogP contribution in [0.15, 0.2) is 12.1 Å². The fourth-order valence-electron chi connectivity index (χ4n) is 2.56. The molecule has 0 bridgehead atoms. The lowest BCUT2D eigenvalue weighted by atomic mass is 9.99. The molecule has 1 aliphatic rings. The van der Waals surface area contributed by atoms with E-state index in [0.717, 1.165) is 18.4 Å². The van der Waals surface area contributed by atoms with Gasteiger partial charge in [0.05, 0.1) is 12.3 Å². The fraction of sp³-hybridized carbons (Fsp3) is 0.500.